The Kier molecular flexibility index (Phi) is 3.36. The molecule has 5 nitrogen and oxygen atoms in total. The fraction of sp³-hybridized carbons (Fsp3) is 0.636. The molecule has 1 N–H and O–H groups in total. The molecule has 1 fully saturated rings. The summed E-state index contributed by atoms with van der Waals surface area (Å²) in [5.41, 5.74) is 0.950. The molecule has 88 valence electrons. The fourth-order valence-corrected chi connectivity index (χ4v) is 1.95. The van der Waals surface area contributed by atoms with E-state index in [1.54, 1.807) is 0 Å². The van der Waals surface area contributed by atoms with Gasteiger partial charge in [-0.25, -0.2) is 9.97 Å². The van der Waals surface area contributed by atoms with Crippen LogP contribution in [0.1, 0.15) is 11.5 Å². The van der Waals surface area contributed by atoms with Crippen molar-refractivity contribution in [3.8, 4) is 0 Å². The summed E-state index contributed by atoms with van der Waals surface area (Å²) < 4.78 is 5.34. The van der Waals surface area contributed by atoms with Crippen LogP contribution in [0.5, 0.6) is 0 Å². The Bertz CT molecular complexity index is 350. The van der Waals surface area contributed by atoms with Gasteiger partial charge in [-0.2, -0.15) is 0 Å². The summed E-state index contributed by atoms with van der Waals surface area (Å²) in [6.45, 7) is 5.91. The van der Waals surface area contributed by atoms with Crippen LogP contribution in [0.2, 0.25) is 0 Å². The molecule has 0 aromatic carbocycles. The maximum atomic E-state index is 9.30. The van der Waals surface area contributed by atoms with Crippen molar-refractivity contribution in [3.63, 3.8) is 0 Å². The SMILES string of the molecule is Cc1cc(N2CCOC[C@H]2CO)nc(C)n1. The molecular formula is C11H17N3O2. The summed E-state index contributed by atoms with van der Waals surface area (Å²) >= 11 is 0. The maximum absolute atomic E-state index is 9.30. The van der Waals surface area contributed by atoms with Gasteiger partial charge in [-0.15, -0.1) is 0 Å². The highest BCUT2D eigenvalue weighted by Crippen LogP contribution is 2.17. The zero-order valence-corrected chi connectivity index (χ0v) is 9.68. The minimum absolute atomic E-state index is 0.00227. The number of ether oxygens (including phenoxy) is 1. The standard InChI is InChI=1S/C11H17N3O2/c1-8-5-11(13-9(2)12-8)14-3-4-16-7-10(14)6-15/h5,10,15H,3-4,6-7H2,1-2H3/t10-/m1/s1. The Morgan fingerprint density at radius 1 is 1.50 bits per heavy atom. The highest BCUT2D eigenvalue weighted by atomic mass is 16.5. The normalized spacial score (nSPS) is 21.2. The van der Waals surface area contributed by atoms with Crippen LogP contribution in [-0.4, -0.2) is 47.5 Å². The van der Waals surface area contributed by atoms with Gasteiger partial charge in [0.15, 0.2) is 0 Å². The van der Waals surface area contributed by atoms with Crippen LogP contribution < -0.4 is 4.90 Å². The molecule has 1 aromatic rings. The lowest BCUT2D eigenvalue weighted by atomic mass is 10.2. The summed E-state index contributed by atoms with van der Waals surface area (Å²) in [5, 5.41) is 9.30. The van der Waals surface area contributed by atoms with Gasteiger partial charge < -0.3 is 14.7 Å². The van der Waals surface area contributed by atoms with Gasteiger partial charge in [-0.3, -0.25) is 0 Å². The Hall–Kier alpha value is -1.20. The van der Waals surface area contributed by atoms with E-state index in [1.807, 2.05) is 19.9 Å². The van der Waals surface area contributed by atoms with E-state index >= 15 is 0 Å². The number of nitrogens with zero attached hydrogens (tertiary/aromatic N) is 3. The summed E-state index contributed by atoms with van der Waals surface area (Å²) in [6, 6.07) is 1.95. The van der Waals surface area contributed by atoms with E-state index < -0.39 is 0 Å². The fourth-order valence-electron chi connectivity index (χ4n) is 1.95. The van der Waals surface area contributed by atoms with Crippen molar-refractivity contribution in [2.45, 2.75) is 19.9 Å². The van der Waals surface area contributed by atoms with E-state index in [2.05, 4.69) is 14.9 Å². The molecule has 2 rings (SSSR count). The second-order valence-corrected chi connectivity index (χ2v) is 4.02. The first-order chi connectivity index (χ1) is 7.70. The Balaban J connectivity index is 2.26. The summed E-state index contributed by atoms with van der Waals surface area (Å²) in [7, 11) is 0. The molecule has 0 radical (unpaired) electrons. The van der Waals surface area contributed by atoms with Crippen LogP contribution >= 0.6 is 0 Å². The van der Waals surface area contributed by atoms with Crippen molar-refractivity contribution in [1.29, 1.82) is 0 Å². The third-order valence-corrected chi connectivity index (χ3v) is 2.69. The Morgan fingerprint density at radius 2 is 2.31 bits per heavy atom. The van der Waals surface area contributed by atoms with Crippen LogP contribution in [0.15, 0.2) is 6.07 Å². The lowest BCUT2D eigenvalue weighted by Gasteiger charge is -2.35. The Morgan fingerprint density at radius 3 is 3.00 bits per heavy atom. The second-order valence-electron chi connectivity index (χ2n) is 4.02. The van der Waals surface area contributed by atoms with Gasteiger partial charge in [-0.05, 0) is 13.8 Å². The van der Waals surface area contributed by atoms with E-state index in [9.17, 15) is 5.11 Å². The van der Waals surface area contributed by atoms with Gasteiger partial charge in [0.05, 0.1) is 25.9 Å². The van der Waals surface area contributed by atoms with Crippen molar-refractivity contribution >= 4 is 5.82 Å². The largest absolute Gasteiger partial charge is 0.394 e. The molecule has 0 bridgehead atoms. The first-order valence-corrected chi connectivity index (χ1v) is 5.48. The quantitative estimate of drug-likeness (QED) is 0.781. The molecule has 1 aliphatic heterocycles. The number of aryl methyl sites for hydroxylation is 2. The predicted octanol–water partition coefficient (Wildman–Crippen LogP) is 0.291. The van der Waals surface area contributed by atoms with E-state index in [-0.39, 0.29) is 12.6 Å². The second kappa shape index (κ2) is 4.76. The number of aliphatic hydroxyl groups excluding tert-OH is 1. The average Bonchev–Trinajstić information content (AvgIpc) is 2.27. The van der Waals surface area contributed by atoms with Crippen LogP contribution in [0.25, 0.3) is 0 Å². The van der Waals surface area contributed by atoms with E-state index in [0.29, 0.717) is 13.2 Å². The van der Waals surface area contributed by atoms with Crippen LogP contribution in [0.3, 0.4) is 0 Å². The summed E-state index contributed by atoms with van der Waals surface area (Å²) in [4.78, 5) is 10.7. The highest BCUT2D eigenvalue weighted by molar-refractivity contribution is 5.41. The van der Waals surface area contributed by atoms with Gasteiger partial charge >= 0.3 is 0 Å². The molecule has 0 spiro atoms. The third-order valence-electron chi connectivity index (χ3n) is 2.69. The number of aliphatic hydroxyl groups is 1. The first kappa shape index (κ1) is 11.3. The minimum Gasteiger partial charge on any atom is -0.394 e. The molecule has 1 aliphatic rings. The molecular weight excluding hydrogens is 206 g/mol. The number of hydrogen-bond donors (Lipinski definition) is 1. The van der Waals surface area contributed by atoms with Gasteiger partial charge in [-0.1, -0.05) is 0 Å². The lowest BCUT2D eigenvalue weighted by Crippen LogP contribution is -2.48. The number of aromatic nitrogens is 2. The lowest BCUT2D eigenvalue weighted by molar-refractivity contribution is 0.0722. The molecule has 1 atom stereocenters. The van der Waals surface area contributed by atoms with Crippen molar-refractivity contribution in [3.05, 3.63) is 17.6 Å². The van der Waals surface area contributed by atoms with E-state index in [4.69, 9.17) is 4.74 Å². The minimum atomic E-state index is 0.00227. The van der Waals surface area contributed by atoms with E-state index in [1.165, 1.54) is 0 Å². The first-order valence-electron chi connectivity index (χ1n) is 5.48. The number of hydrogen-bond acceptors (Lipinski definition) is 5. The topological polar surface area (TPSA) is 58.5 Å². The zero-order chi connectivity index (χ0) is 11.5. The van der Waals surface area contributed by atoms with Crippen LogP contribution in [0, 0.1) is 13.8 Å². The van der Waals surface area contributed by atoms with Crippen molar-refractivity contribution in [1.82, 2.24) is 9.97 Å². The molecule has 0 unspecified atom stereocenters. The molecule has 16 heavy (non-hydrogen) atoms. The van der Waals surface area contributed by atoms with Crippen molar-refractivity contribution < 1.29 is 9.84 Å². The molecule has 0 amide bonds. The molecule has 1 saturated heterocycles. The van der Waals surface area contributed by atoms with Crippen molar-refractivity contribution in [2.24, 2.45) is 0 Å². The summed E-state index contributed by atoms with van der Waals surface area (Å²) in [6.07, 6.45) is 0. The van der Waals surface area contributed by atoms with Gasteiger partial charge in [0, 0.05) is 18.3 Å². The molecule has 5 heteroatoms. The number of morpholine rings is 1. The zero-order valence-electron chi connectivity index (χ0n) is 9.68. The predicted molar refractivity (Wildman–Crippen MR) is 60.5 cm³/mol. The van der Waals surface area contributed by atoms with Crippen LogP contribution in [0.4, 0.5) is 5.82 Å². The highest BCUT2D eigenvalue weighted by Gasteiger charge is 2.23. The number of rotatable bonds is 2. The third kappa shape index (κ3) is 2.31. The molecule has 2 heterocycles. The Labute approximate surface area is 95.1 Å². The smallest absolute Gasteiger partial charge is 0.132 e. The molecule has 1 aromatic heterocycles. The van der Waals surface area contributed by atoms with Crippen LogP contribution in [-0.2, 0) is 4.74 Å². The molecule has 0 aliphatic carbocycles. The van der Waals surface area contributed by atoms with Gasteiger partial charge in [0.1, 0.15) is 11.6 Å². The average molecular weight is 223 g/mol. The van der Waals surface area contributed by atoms with Gasteiger partial charge in [0.25, 0.3) is 0 Å². The van der Waals surface area contributed by atoms with Crippen molar-refractivity contribution in [2.75, 3.05) is 31.3 Å². The van der Waals surface area contributed by atoms with Gasteiger partial charge in [0.2, 0.25) is 0 Å². The maximum Gasteiger partial charge on any atom is 0.132 e. The number of anilines is 1. The van der Waals surface area contributed by atoms with E-state index in [0.717, 1.165) is 23.9 Å². The molecule has 0 saturated carbocycles. The monoisotopic (exact) mass is 223 g/mol. The summed E-state index contributed by atoms with van der Waals surface area (Å²) in [5.74, 6) is 1.64.